The minimum absolute atomic E-state index is 0.0536. The van der Waals surface area contributed by atoms with Gasteiger partial charge in [-0.1, -0.05) is 6.08 Å². The number of carbonyl (C=O) groups is 1. The molecule has 0 bridgehead atoms. The van der Waals surface area contributed by atoms with Gasteiger partial charge in [-0.05, 0) is 44.7 Å². The van der Waals surface area contributed by atoms with E-state index in [1.54, 1.807) is 0 Å². The Kier molecular flexibility index (Phi) is 5.20. The fourth-order valence-electron chi connectivity index (χ4n) is 2.94. The van der Waals surface area contributed by atoms with E-state index in [4.69, 9.17) is 0 Å². The molecule has 2 N–H and O–H groups in total. The molecule has 4 heteroatoms. The highest BCUT2D eigenvalue weighted by molar-refractivity contribution is 5.81. The Balaban J connectivity index is 1.68. The molecule has 0 aliphatic carbocycles. The second-order valence-corrected chi connectivity index (χ2v) is 5.45. The van der Waals surface area contributed by atoms with Gasteiger partial charge < -0.3 is 10.6 Å². The zero-order valence-corrected chi connectivity index (χ0v) is 11.2. The Morgan fingerprint density at radius 2 is 2.33 bits per heavy atom. The molecule has 0 aromatic rings. The van der Waals surface area contributed by atoms with E-state index in [-0.39, 0.29) is 11.9 Å². The monoisotopic (exact) mass is 251 g/mol. The highest BCUT2D eigenvalue weighted by Gasteiger charge is 2.24. The maximum atomic E-state index is 11.9. The van der Waals surface area contributed by atoms with E-state index in [0.29, 0.717) is 5.92 Å². The van der Waals surface area contributed by atoms with E-state index in [0.717, 1.165) is 39.0 Å². The lowest BCUT2D eigenvalue weighted by Crippen LogP contribution is -2.45. The molecule has 1 amide bonds. The van der Waals surface area contributed by atoms with Gasteiger partial charge in [-0.3, -0.25) is 9.69 Å². The molecule has 2 aliphatic heterocycles. The quantitative estimate of drug-likeness (QED) is 0.709. The molecule has 0 radical (unpaired) electrons. The van der Waals surface area contributed by atoms with Crippen molar-refractivity contribution in [1.29, 1.82) is 0 Å². The van der Waals surface area contributed by atoms with Gasteiger partial charge in [0.15, 0.2) is 0 Å². The van der Waals surface area contributed by atoms with E-state index in [2.05, 4.69) is 22.1 Å². The molecule has 2 heterocycles. The van der Waals surface area contributed by atoms with Gasteiger partial charge in [0.05, 0.1) is 6.04 Å². The third kappa shape index (κ3) is 3.82. The van der Waals surface area contributed by atoms with Crippen LogP contribution in [0, 0.1) is 5.92 Å². The van der Waals surface area contributed by atoms with Crippen LogP contribution in [0.1, 0.15) is 25.7 Å². The predicted molar refractivity (Wildman–Crippen MR) is 73.4 cm³/mol. The molecule has 102 valence electrons. The van der Waals surface area contributed by atoms with Crippen LogP contribution in [-0.4, -0.2) is 49.6 Å². The lowest BCUT2D eigenvalue weighted by atomic mass is 9.98. The van der Waals surface area contributed by atoms with Crippen molar-refractivity contribution in [2.45, 2.75) is 31.7 Å². The molecule has 0 aromatic carbocycles. The second-order valence-electron chi connectivity index (χ2n) is 5.45. The third-order valence-electron chi connectivity index (χ3n) is 3.93. The van der Waals surface area contributed by atoms with Crippen LogP contribution in [0.5, 0.6) is 0 Å². The number of hydrogen-bond acceptors (Lipinski definition) is 3. The standard InChI is InChI=1S/C14H25N3O/c1-2-8-17-9-4-5-12(11-17)10-16-14(18)13-6-3-7-15-13/h2,12-13,15H,1,3-11H2,(H,16,18). The van der Waals surface area contributed by atoms with E-state index in [1.807, 2.05) is 6.08 Å². The van der Waals surface area contributed by atoms with Crippen LogP contribution >= 0.6 is 0 Å². The predicted octanol–water partition coefficient (Wildman–Crippen LogP) is 0.753. The van der Waals surface area contributed by atoms with Crippen molar-refractivity contribution < 1.29 is 4.79 Å². The van der Waals surface area contributed by atoms with E-state index < -0.39 is 0 Å². The summed E-state index contributed by atoms with van der Waals surface area (Å²) < 4.78 is 0. The zero-order valence-electron chi connectivity index (χ0n) is 11.2. The number of hydrogen-bond donors (Lipinski definition) is 2. The van der Waals surface area contributed by atoms with Crippen LogP contribution in [-0.2, 0) is 4.79 Å². The molecule has 2 saturated heterocycles. The largest absolute Gasteiger partial charge is 0.354 e. The van der Waals surface area contributed by atoms with Crippen LogP contribution < -0.4 is 10.6 Å². The number of amides is 1. The van der Waals surface area contributed by atoms with Gasteiger partial charge in [0.25, 0.3) is 0 Å². The van der Waals surface area contributed by atoms with Crippen LogP contribution in [0.4, 0.5) is 0 Å². The summed E-state index contributed by atoms with van der Waals surface area (Å²) in [5.41, 5.74) is 0. The second kappa shape index (κ2) is 6.90. The number of piperidine rings is 1. The van der Waals surface area contributed by atoms with Crippen molar-refractivity contribution in [3.05, 3.63) is 12.7 Å². The van der Waals surface area contributed by atoms with E-state index in [9.17, 15) is 4.79 Å². The molecule has 2 fully saturated rings. The average Bonchev–Trinajstić information content (AvgIpc) is 2.91. The molecule has 0 spiro atoms. The van der Waals surface area contributed by atoms with E-state index >= 15 is 0 Å². The van der Waals surface area contributed by atoms with Gasteiger partial charge >= 0.3 is 0 Å². The fraction of sp³-hybridized carbons (Fsp3) is 0.786. The molecular formula is C14H25N3O. The van der Waals surface area contributed by atoms with Gasteiger partial charge in [0.1, 0.15) is 0 Å². The topological polar surface area (TPSA) is 44.4 Å². The molecule has 0 saturated carbocycles. The number of likely N-dealkylation sites (tertiary alicyclic amines) is 1. The van der Waals surface area contributed by atoms with E-state index in [1.165, 1.54) is 19.4 Å². The van der Waals surface area contributed by atoms with Gasteiger partial charge in [-0.15, -0.1) is 6.58 Å². The van der Waals surface area contributed by atoms with Crippen molar-refractivity contribution >= 4 is 5.91 Å². The van der Waals surface area contributed by atoms with Crippen molar-refractivity contribution in [1.82, 2.24) is 15.5 Å². The van der Waals surface area contributed by atoms with Crippen molar-refractivity contribution in [3.8, 4) is 0 Å². The average molecular weight is 251 g/mol. The van der Waals surface area contributed by atoms with Gasteiger partial charge in [0, 0.05) is 19.6 Å². The van der Waals surface area contributed by atoms with Gasteiger partial charge in [0.2, 0.25) is 5.91 Å². The Morgan fingerprint density at radius 1 is 1.44 bits per heavy atom. The molecular weight excluding hydrogens is 226 g/mol. The molecule has 2 rings (SSSR count). The Hall–Kier alpha value is -0.870. The smallest absolute Gasteiger partial charge is 0.237 e. The fourth-order valence-corrected chi connectivity index (χ4v) is 2.94. The molecule has 18 heavy (non-hydrogen) atoms. The summed E-state index contributed by atoms with van der Waals surface area (Å²) in [6.07, 6.45) is 6.53. The molecule has 2 aliphatic rings. The Morgan fingerprint density at radius 3 is 3.06 bits per heavy atom. The van der Waals surface area contributed by atoms with Crippen LogP contribution in [0.15, 0.2) is 12.7 Å². The van der Waals surface area contributed by atoms with Crippen LogP contribution in [0.2, 0.25) is 0 Å². The Bertz CT molecular complexity index is 287. The summed E-state index contributed by atoms with van der Waals surface area (Å²) >= 11 is 0. The van der Waals surface area contributed by atoms with Gasteiger partial charge in [-0.25, -0.2) is 0 Å². The highest BCUT2D eigenvalue weighted by Crippen LogP contribution is 2.15. The normalized spacial score (nSPS) is 29.1. The van der Waals surface area contributed by atoms with Gasteiger partial charge in [-0.2, -0.15) is 0 Å². The molecule has 2 unspecified atom stereocenters. The van der Waals surface area contributed by atoms with Crippen LogP contribution in [0.25, 0.3) is 0 Å². The Labute approximate surface area is 110 Å². The van der Waals surface area contributed by atoms with Crippen molar-refractivity contribution in [3.63, 3.8) is 0 Å². The summed E-state index contributed by atoms with van der Waals surface area (Å²) in [7, 11) is 0. The minimum Gasteiger partial charge on any atom is -0.354 e. The summed E-state index contributed by atoms with van der Waals surface area (Å²) in [6, 6.07) is 0.0536. The minimum atomic E-state index is 0.0536. The lowest BCUT2D eigenvalue weighted by Gasteiger charge is -2.32. The third-order valence-corrected chi connectivity index (χ3v) is 3.93. The molecule has 4 nitrogen and oxygen atoms in total. The zero-order chi connectivity index (χ0) is 12.8. The number of rotatable bonds is 5. The first-order chi connectivity index (χ1) is 8.79. The lowest BCUT2D eigenvalue weighted by molar-refractivity contribution is -0.123. The molecule has 2 atom stereocenters. The van der Waals surface area contributed by atoms with Crippen molar-refractivity contribution in [2.75, 3.05) is 32.7 Å². The summed E-state index contributed by atoms with van der Waals surface area (Å²) in [6.45, 7) is 8.81. The summed E-state index contributed by atoms with van der Waals surface area (Å²) in [4.78, 5) is 14.3. The maximum Gasteiger partial charge on any atom is 0.237 e. The first-order valence-electron chi connectivity index (χ1n) is 7.14. The number of carbonyl (C=O) groups excluding carboxylic acids is 1. The van der Waals surface area contributed by atoms with Crippen LogP contribution in [0.3, 0.4) is 0 Å². The first kappa shape index (κ1) is 13.6. The highest BCUT2D eigenvalue weighted by atomic mass is 16.2. The first-order valence-corrected chi connectivity index (χ1v) is 7.14. The maximum absolute atomic E-state index is 11.9. The summed E-state index contributed by atoms with van der Waals surface area (Å²) in [5.74, 6) is 0.789. The number of nitrogens with zero attached hydrogens (tertiary/aromatic N) is 1. The summed E-state index contributed by atoms with van der Waals surface area (Å²) in [5, 5.41) is 6.34. The SMILES string of the molecule is C=CCN1CCCC(CNC(=O)C2CCCN2)C1. The number of nitrogens with one attached hydrogen (secondary N) is 2. The van der Waals surface area contributed by atoms with Crippen molar-refractivity contribution in [2.24, 2.45) is 5.92 Å². The molecule has 0 aromatic heterocycles.